The summed E-state index contributed by atoms with van der Waals surface area (Å²) >= 11 is 5.95. The molecule has 0 aliphatic carbocycles. The minimum atomic E-state index is 0.113. The number of ether oxygens (including phenoxy) is 1. The Labute approximate surface area is 124 Å². The highest BCUT2D eigenvalue weighted by atomic mass is 35.5. The van der Waals surface area contributed by atoms with Crippen molar-refractivity contribution in [1.29, 1.82) is 0 Å². The third-order valence-electron chi connectivity index (χ3n) is 2.52. The molecule has 0 atom stereocenters. The third kappa shape index (κ3) is 2.91. The Kier molecular flexibility index (Phi) is 3.63. The molecule has 0 amide bonds. The smallest absolute Gasteiger partial charge is 0.342 e. The topological polar surface area (TPSA) is 104 Å². The molecule has 21 heavy (non-hydrogen) atoms. The Morgan fingerprint density at radius 2 is 2.00 bits per heavy atom. The molecule has 0 fully saturated rings. The number of nitrogens with one attached hydrogen (secondary N) is 1. The van der Waals surface area contributed by atoms with Gasteiger partial charge in [0.15, 0.2) is 0 Å². The van der Waals surface area contributed by atoms with Gasteiger partial charge in [0.25, 0.3) is 0 Å². The number of aromatic nitrogens is 5. The molecule has 0 unspecified atom stereocenters. The van der Waals surface area contributed by atoms with Crippen molar-refractivity contribution in [2.75, 3.05) is 5.43 Å². The van der Waals surface area contributed by atoms with Gasteiger partial charge in [-0.25, -0.2) is 15.5 Å². The second kappa shape index (κ2) is 5.73. The summed E-state index contributed by atoms with van der Waals surface area (Å²) in [5, 5.41) is 4.41. The first kappa shape index (κ1) is 13.3. The maximum Gasteiger partial charge on any atom is 0.342 e. The van der Waals surface area contributed by atoms with Crippen LogP contribution in [0, 0.1) is 0 Å². The van der Waals surface area contributed by atoms with E-state index in [2.05, 4.69) is 25.5 Å². The second-order valence-electron chi connectivity index (χ2n) is 3.90. The van der Waals surface area contributed by atoms with E-state index in [0.717, 1.165) is 5.69 Å². The first-order valence-corrected chi connectivity index (χ1v) is 6.28. The van der Waals surface area contributed by atoms with Gasteiger partial charge in [0.1, 0.15) is 11.3 Å². The average molecular weight is 304 g/mol. The molecule has 9 heteroatoms. The molecule has 0 aliphatic heterocycles. The fourth-order valence-corrected chi connectivity index (χ4v) is 1.71. The van der Waals surface area contributed by atoms with Gasteiger partial charge in [-0.15, -0.1) is 5.10 Å². The van der Waals surface area contributed by atoms with Crippen molar-refractivity contribution in [3.63, 3.8) is 0 Å². The lowest BCUT2D eigenvalue weighted by Crippen LogP contribution is -2.10. The van der Waals surface area contributed by atoms with Crippen LogP contribution in [0.2, 0.25) is 5.02 Å². The Bertz CT molecular complexity index is 746. The number of benzene rings is 1. The zero-order chi connectivity index (χ0) is 14.7. The Hall–Kier alpha value is -2.71. The lowest BCUT2D eigenvalue weighted by atomic mass is 10.3. The number of nitrogens with zero attached hydrogens (tertiary/aromatic N) is 5. The molecule has 8 nitrogen and oxygen atoms in total. The summed E-state index contributed by atoms with van der Waals surface area (Å²) in [6.45, 7) is 0. The van der Waals surface area contributed by atoms with Crippen molar-refractivity contribution in [1.82, 2.24) is 24.7 Å². The standard InChI is InChI=1S/C12H10ClN7O/c13-9-6-15-11(18-14)17-10(9)21-12-16-7-20(19-12)8-4-2-1-3-5-8/h1-7H,14H2,(H,15,17,18). The van der Waals surface area contributed by atoms with Gasteiger partial charge in [-0.3, -0.25) is 5.43 Å². The monoisotopic (exact) mass is 303 g/mol. The minimum Gasteiger partial charge on any atom is -0.402 e. The van der Waals surface area contributed by atoms with Crippen LogP contribution in [0.25, 0.3) is 5.69 Å². The molecule has 0 spiro atoms. The summed E-state index contributed by atoms with van der Waals surface area (Å²) in [6, 6.07) is 9.62. The van der Waals surface area contributed by atoms with Gasteiger partial charge in [-0.1, -0.05) is 29.8 Å². The predicted octanol–water partition coefficient (Wildman–Crippen LogP) is 1.79. The predicted molar refractivity (Wildman–Crippen MR) is 76.3 cm³/mol. The van der Waals surface area contributed by atoms with Crippen LogP contribution in [0.5, 0.6) is 11.9 Å². The summed E-state index contributed by atoms with van der Waals surface area (Å²) in [7, 11) is 0. The highest BCUT2D eigenvalue weighted by molar-refractivity contribution is 6.31. The van der Waals surface area contributed by atoms with Crippen LogP contribution in [0.3, 0.4) is 0 Å². The molecule has 106 valence electrons. The lowest BCUT2D eigenvalue weighted by Gasteiger charge is -2.04. The highest BCUT2D eigenvalue weighted by Crippen LogP contribution is 2.25. The molecule has 0 radical (unpaired) electrons. The zero-order valence-electron chi connectivity index (χ0n) is 10.6. The number of anilines is 1. The van der Waals surface area contributed by atoms with Gasteiger partial charge in [0.2, 0.25) is 11.8 Å². The van der Waals surface area contributed by atoms with Crippen LogP contribution in [-0.4, -0.2) is 24.7 Å². The molecular weight excluding hydrogens is 294 g/mol. The van der Waals surface area contributed by atoms with Gasteiger partial charge >= 0.3 is 6.01 Å². The Morgan fingerprint density at radius 1 is 1.19 bits per heavy atom. The van der Waals surface area contributed by atoms with Crippen LogP contribution in [0.15, 0.2) is 42.9 Å². The number of hydrogen-bond donors (Lipinski definition) is 2. The van der Waals surface area contributed by atoms with E-state index in [1.54, 1.807) is 4.68 Å². The molecular formula is C12H10ClN7O. The number of nitrogen functional groups attached to an aromatic ring is 1. The van der Waals surface area contributed by atoms with E-state index < -0.39 is 0 Å². The van der Waals surface area contributed by atoms with Crippen molar-refractivity contribution in [3.05, 3.63) is 47.9 Å². The largest absolute Gasteiger partial charge is 0.402 e. The number of hydrogen-bond acceptors (Lipinski definition) is 7. The number of hydrazine groups is 1. The summed E-state index contributed by atoms with van der Waals surface area (Å²) in [4.78, 5) is 11.9. The first-order chi connectivity index (χ1) is 10.3. The van der Waals surface area contributed by atoms with E-state index in [9.17, 15) is 0 Å². The molecule has 3 N–H and O–H groups in total. The van der Waals surface area contributed by atoms with Crippen molar-refractivity contribution in [3.8, 4) is 17.6 Å². The summed E-state index contributed by atoms with van der Waals surface area (Å²) < 4.78 is 7.01. The fourth-order valence-electron chi connectivity index (χ4n) is 1.58. The maximum atomic E-state index is 5.95. The fraction of sp³-hybridized carbons (Fsp3) is 0. The molecule has 0 saturated heterocycles. The third-order valence-corrected chi connectivity index (χ3v) is 2.78. The van der Waals surface area contributed by atoms with Crippen LogP contribution >= 0.6 is 11.6 Å². The van der Waals surface area contributed by atoms with E-state index >= 15 is 0 Å². The van der Waals surface area contributed by atoms with Crippen molar-refractivity contribution in [2.24, 2.45) is 5.84 Å². The van der Waals surface area contributed by atoms with E-state index in [4.69, 9.17) is 22.2 Å². The van der Waals surface area contributed by atoms with Crippen molar-refractivity contribution in [2.45, 2.75) is 0 Å². The number of nitrogens with two attached hydrogens (primary N) is 1. The normalized spacial score (nSPS) is 10.4. The SMILES string of the molecule is NNc1ncc(Cl)c(Oc2ncn(-c3ccccc3)n2)n1. The number of rotatable bonds is 4. The first-order valence-electron chi connectivity index (χ1n) is 5.90. The summed E-state index contributed by atoms with van der Waals surface area (Å²) in [6.07, 6.45) is 2.90. The Balaban J connectivity index is 1.85. The average Bonchev–Trinajstić information content (AvgIpc) is 2.99. The van der Waals surface area contributed by atoms with Crippen LogP contribution < -0.4 is 16.0 Å². The number of halogens is 1. The molecule has 3 aromatic rings. The van der Waals surface area contributed by atoms with Crippen LogP contribution in [0.4, 0.5) is 5.95 Å². The molecule has 0 bridgehead atoms. The molecule has 2 aromatic heterocycles. The van der Waals surface area contributed by atoms with E-state index in [1.165, 1.54) is 12.5 Å². The van der Waals surface area contributed by atoms with Crippen molar-refractivity contribution >= 4 is 17.5 Å². The van der Waals surface area contributed by atoms with Gasteiger partial charge < -0.3 is 4.74 Å². The van der Waals surface area contributed by atoms with E-state index in [1.807, 2.05) is 30.3 Å². The molecule has 0 aliphatic rings. The van der Waals surface area contributed by atoms with E-state index in [-0.39, 0.29) is 22.9 Å². The highest BCUT2D eigenvalue weighted by Gasteiger charge is 2.11. The summed E-state index contributed by atoms with van der Waals surface area (Å²) in [5.74, 6) is 5.53. The maximum absolute atomic E-state index is 5.95. The van der Waals surface area contributed by atoms with Crippen LogP contribution in [-0.2, 0) is 0 Å². The minimum absolute atomic E-state index is 0.113. The van der Waals surface area contributed by atoms with Gasteiger partial charge in [0.05, 0.1) is 11.9 Å². The van der Waals surface area contributed by atoms with Gasteiger partial charge in [0, 0.05) is 0 Å². The van der Waals surface area contributed by atoms with Crippen molar-refractivity contribution < 1.29 is 4.74 Å². The molecule has 0 saturated carbocycles. The lowest BCUT2D eigenvalue weighted by molar-refractivity contribution is 0.424. The summed E-state index contributed by atoms with van der Waals surface area (Å²) in [5.41, 5.74) is 3.16. The van der Waals surface area contributed by atoms with E-state index in [0.29, 0.717) is 0 Å². The quantitative estimate of drug-likeness (QED) is 0.559. The molecule has 2 heterocycles. The van der Waals surface area contributed by atoms with Crippen LogP contribution in [0.1, 0.15) is 0 Å². The molecule has 1 aromatic carbocycles. The van der Waals surface area contributed by atoms with Gasteiger partial charge in [-0.2, -0.15) is 9.97 Å². The zero-order valence-corrected chi connectivity index (χ0v) is 11.4. The van der Waals surface area contributed by atoms with Gasteiger partial charge in [-0.05, 0) is 12.1 Å². The Morgan fingerprint density at radius 3 is 2.76 bits per heavy atom. The number of para-hydroxylation sites is 1. The molecule has 3 rings (SSSR count). The second-order valence-corrected chi connectivity index (χ2v) is 4.31.